The molecule has 0 aliphatic carbocycles. The predicted molar refractivity (Wildman–Crippen MR) is 105 cm³/mol. The van der Waals surface area contributed by atoms with E-state index in [0.29, 0.717) is 29.1 Å². The lowest BCUT2D eigenvalue weighted by molar-refractivity contribution is 0.0954. The molecular formula is C20H23N5O2. The van der Waals surface area contributed by atoms with E-state index in [9.17, 15) is 9.59 Å². The van der Waals surface area contributed by atoms with Crippen LogP contribution in [0.15, 0.2) is 36.5 Å². The Kier molecular flexibility index (Phi) is 5.21. The average molecular weight is 365 g/mol. The smallest absolute Gasteiger partial charge is 0.257 e. The zero-order valence-electron chi connectivity index (χ0n) is 15.9. The highest BCUT2D eigenvalue weighted by molar-refractivity contribution is 6.07. The number of amides is 2. The van der Waals surface area contributed by atoms with Crippen LogP contribution in [0.25, 0.3) is 11.0 Å². The zero-order chi connectivity index (χ0) is 19.6. The summed E-state index contributed by atoms with van der Waals surface area (Å²) in [5.41, 5.74) is 2.92. The molecule has 0 fully saturated rings. The van der Waals surface area contributed by atoms with Gasteiger partial charge in [0.05, 0.1) is 17.5 Å². The van der Waals surface area contributed by atoms with Gasteiger partial charge in [0, 0.05) is 29.2 Å². The number of benzene rings is 1. The molecule has 7 heteroatoms. The molecule has 0 aliphatic heterocycles. The van der Waals surface area contributed by atoms with Gasteiger partial charge in [-0.1, -0.05) is 6.07 Å². The molecule has 2 N–H and O–H groups in total. The Bertz CT molecular complexity index is 1010. The van der Waals surface area contributed by atoms with Crippen molar-refractivity contribution in [1.29, 1.82) is 0 Å². The number of nitrogens with one attached hydrogen (secondary N) is 2. The van der Waals surface area contributed by atoms with Crippen molar-refractivity contribution in [3.05, 3.63) is 53.3 Å². The molecule has 0 saturated carbocycles. The van der Waals surface area contributed by atoms with Crippen molar-refractivity contribution < 1.29 is 9.59 Å². The summed E-state index contributed by atoms with van der Waals surface area (Å²) in [5, 5.41) is 10.8. The first-order valence-electron chi connectivity index (χ1n) is 8.95. The molecule has 0 saturated heterocycles. The van der Waals surface area contributed by atoms with E-state index in [1.54, 1.807) is 43.5 Å². The van der Waals surface area contributed by atoms with Crippen LogP contribution in [0.2, 0.25) is 0 Å². The summed E-state index contributed by atoms with van der Waals surface area (Å²) in [5.74, 6) is -0.443. The van der Waals surface area contributed by atoms with Crippen LogP contribution >= 0.6 is 0 Å². The lowest BCUT2D eigenvalue weighted by Crippen LogP contribution is -2.23. The summed E-state index contributed by atoms with van der Waals surface area (Å²) in [7, 11) is 0. The fourth-order valence-corrected chi connectivity index (χ4v) is 2.87. The molecule has 0 unspecified atom stereocenters. The summed E-state index contributed by atoms with van der Waals surface area (Å²) < 4.78 is 1.83. The third kappa shape index (κ3) is 3.81. The van der Waals surface area contributed by atoms with Gasteiger partial charge < -0.3 is 10.6 Å². The van der Waals surface area contributed by atoms with Crippen LogP contribution in [0.3, 0.4) is 0 Å². The van der Waals surface area contributed by atoms with Gasteiger partial charge in [-0.05, 0) is 52.0 Å². The monoisotopic (exact) mass is 365 g/mol. The minimum absolute atomic E-state index is 0.172. The van der Waals surface area contributed by atoms with Gasteiger partial charge in [-0.2, -0.15) is 5.10 Å². The van der Waals surface area contributed by atoms with Crippen LogP contribution in [0.5, 0.6) is 0 Å². The van der Waals surface area contributed by atoms with E-state index in [0.717, 1.165) is 11.0 Å². The van der Waals surface area contributed by atoms with Crippen molar-refractivity contribution >= 4 is 28.5 Å². The molecule has 3 aromatic rings. The molecule has 140 valence electrons. The van der Waals surface area contributed by atoms with E-state index in [1.165, 1.54) is 0 Å². The zero-order valence-corrected chi connectivity index (χ0v) is 15.9. The van der Waals surface area contributed by atoms with E-state index < -0.39 is 0 Å². The molecule has 27 heavy (non-hydrogen) atoms. The number of nitrogens with zero attached hydrogens (tertiary/aromatic N) is 3. The van der Waals surface area contributed by atoms with Crippen LogP contribution in [0.1, 0.15) is 53.2 Å². The fourth-order valence-electron chi connectivity index (χ4n) is 2.87. The molecule has 0 bridgehead atoms. The normalized spacial score (nSPS) is 11.0. The minimum Gasteiger partial charge on any atom is -0.352 e. The first-order chi connectivity index (χ1) is 12.9. The molecule has 2 aromatic heterocycles. The van der Waals surface area contributed by atoms with Crippen molar-refractivity contribution in [2.75, 3.05) is 11.9 Å². The number of fused-ring (bicyclic) bond motifs is 1. The summed E-state index contributed by atoms with van der Waals surface area (Å²) in [6.07, 6.45) is 1.72. The Morgan fingerprint density at radius 1 is 1.19 bits per heavy atom. The second-order valence-electron chi connectivity index (χ2n) is 6.61. The third-order valence-corrected chi connectivity index (χ3v) is 4.21. The molecule has 0 spiro atoms. The number of anilines is 1. The number of hydrogen-bond acceptors (Lipinski definition) is 4. The number of carbonyl (C=O) groups excluding carboxylic acids is 2. The van der Waals surface area contributed by atoms with Crippen LogP contribution in [0.4, 0.5) is 5.69 Å². The number of hydrogen-bond donors (Lipinski definition) is 2. The highest BCUT2D eigenvalue weighted by Gasteiger charge is 2.16. The maximum absolute atomic E-state index is 12.7. The number of aryl methyl sites for hydroxylation is 1. The van der Waals surface area contributed by atoms with Crippen LogP contribution in [0, 0.1) is 6.92 Å². The van der Waals surface area contributed by atoms with E-state index in [4.69, 9.17) is 0 Å². The van der Waals surface area contributed by atoms with Crippen LogP contribution in [-0.2, 0) is 0 Å². The highest BCUT2D eigenvalue weighted by Crippen LogP contribution is 2.20. The second kappa shape index (κ2) is 7.57. The molecule has 2 heterocycles. The van der Waals surface area contributed by atoms with Gasteiger partial charge in [-0.3, -0.25) is 9.59 Å². The largest absolute Gasteiger partial charge is 0.352 e. The second-order valence-corrected chi connectivity index (χ2v) is 6.61. The van der Waals surface area contributed by atoms with Gasteiger partial charge >= 0.3 is 0 Å². The summed E-state index contributed by atoms with van der Waals surface area (Å²) in [4.78, 5) is 29.3. The van der Waals surface area contributed by atoms with Crippen molar-refractivity contribution in [2.24, 2.45) is 0 Å². The van der Waals surface area contributed by atoms with Gasteiger partial charge in [0.25, 0.3) is 11.8 Å². The number of pyridine rings is 1. The maximum Gasteiger partial charge on any atom is 0.257 e. The molecule has 1 aromatic carbocycles. The van der Waals surface area contributed by atoms with Crippen molar-refractivity contribution in [3.63, 3.8) is 0 Å². The van der Waals surface area contributed by atoms with Gasteiger partial charge in [0.2, 0.25) is 0 Å². The van der Waals surface area contributed by atoms with E-state index in [1.807, 2.05) is 25.5 Å². The van der Waals surface area contributed by atoms with E-state index in [2.05, 4.69) is 20.7 Å². The van der Waals surface area contributed by atoms with Crippen LogP contribution < -0.4 is 10.6 Å². The highest BCUT2D eigenvalue weighted by atomic mass is 16.2. The van der Waals surface area contributed by atoms with E-state index in [-0.39, 0.29) is 17.9 Å². The number of carbonyl (C=O) groups is 2. The topological polar surface area (TPSA) is 88.9 Å². The lowest BCUT2D eigenvalue weighted by atomic mass is 10.1. The number of rotatable bonds is 5. The fraction of sp³-hybridized carbons (Fsp3) is 0.300. The van der Waals surface area contributed by atoms with Crippen molar-refractivity contribution in [2.45, 2.75) is 33.7 Å². The van der Waals surface area contributed by atoms with Crippen molar-refractivity contribution in [1.82, 2.24) is 20.1 Å². The molecule has 2 amide bonds. The molecule has 3 rings (SSSR count). The first kappa shape index (κ1) is 18.6. The van der Waals surface area contributed by atoms with Crippen LogP contribution in [-0.4, -0.2) is 33.1 Å². The van der Waals surface area contributed by atoms with Crippen molar-refractivity contribution in [3.8, 4) is 0 Å². The quantitative estimate of drug-likeness (QED) is 0.726. The molecule has 0 radical (unpaired) electrons. The van der Waals surface area contributed by atoms with Gasteiger partial charge in [0.15, 0.2) is 5.65 Å². The average Bonchev–Trinajstić information content (AvgIpc) is 3.04. The molecular weight excluding hydrogens is 342 g/mol. The minimum atomic E-state index is -0.271. The molecule has 0 aliphatic rings. The standard InChI is InChI=1S/C20H23N5O2/c1-5-21-19(26)14-7-6-8-16(9-14)24-20(27)17-10-15-11-22-25(12(2)3)18(15)23-13(17)4/h6-12H,5H2,1-4H3,(H,21,26)(H,24,27). The molecule has 0 atom stereocenters. The Hall–Kier alpha value is -3.22. The lowest BCUT2D eigenvalue weighted by Gasteiger charge is -2.10. The SMILES string of the molecule is CCNC(=O)c1cccc(NC(=O)c2cc3cnn(C(C)C)c3nc2C)c1. The third-order valence-electron chi connectivity index (χ3n) is 4.21. The predicted octanol–water partition coefficient (Wildman–Crippen LogP) is 3.32. The van der Waals surface area contributed by atoms with E-state index >= 15 is 0 Å². The first-order valence-corrected chi connectivity index (χ1v) is 8.95. The summed E-state index contributed by atoms with van der Waals surface area (Å²) in [6.45, 7) is 8.27. The Labute approximate surface area is 157 Å². The maximum atomic E-state index is 12.7. The molecule has 7 nitrogen and oxygen atoms in total. The van der Waals surface area contributed by atoms with Gasteiger partial charge in [0.1, 0.15) is 0 Å². The number of aromatic nitrogens is 3. The summed E-state index contributed by atoms with van der Waals surface area (Å²) in [6, 6.07) is 8.83. The van der Waals surface area contributed by atoms with Gasteiger partial charge in [-0.15, -0.1) is 0 Å². The Morgan fingerprint density at radius 3 is 2.67 bits per heavy atom. The van der Waals surface area contributed by atoms with Gasteiger partial charge in [-0.25, -0.2) is 9.67 Å². The Morgan fingerprint density at radius 2 is 1.96 bits per heavy atom. The summed E-state index contributed by atoms with van der Waals surface area (Å²) >= 11 is 0. The Balaban J connectivity index is 1.87.